The summed E-state index contributed by atoms with van der Waals surface area (Å²) in [6.07, 6.45) is -4.12. The number of anilines is 1. The Kier molecular flexibility index (Phi) is 7.36. The van der Waals surface area contributed by atoms with Crippen molar-refractivity contribution in [2.45, 2.75) is 37.4 Å². The van der Waals surface area contributed by atoms with Crippen LogP contribution in [0.5, 0.6) is 0 Å². The topological polar surface area (TPSA) is 103 Å². The summed E-state index contributed by atoms with van der Waals surface area (Å²) in [7, 11) is -4.85. The van der Waals surface area contributed by atoms with Crippen molar-refractivity contribution in [2.75, 3.05) is 5.73 Å². The smallest absolute Gasteiger partial charge is 0.382 e. The third kappa shape index (κ3) is 5.61. The fourth-order valence-corrected chi connectivity index (χ4v) is 5.15. The predicted octanol–water partition coefficient (Wildman–Crippen LogP) is 5.60. The van der Waals surface area contributed by atoms with Crippen LogP contribution < -0.4 is 5.73 Å². The number of hydrogen-bond acceptors (Lipinski definition) is 6. The van der Waals surface area contributed by atoms with Gasteiger partial charge >= 0.3 is 12.1 Å². The van der Waals surface area contributed by atoms with E-state index in [1.165, 1.54) is 63.4 Å². The zero-order chi connectivity index (χ0) is 27.1. The van der Waals surface area contributed by atoms with E-state index in [0.717, 1.165) is 12.1 Å². The molecular formula is C23H20ClF4N3O4S. The fourth-order valence-electron chi connectivity index (χ4n) is 3.21. The highest BCUT2D eigenvalue weighted by molar-refractivity contribution is 7.89. The Morgan fingerprint density at radius 3 is 2.22 bits per heavy atom. The van der Waals surface area contributed by atoms with Crippen LogP contribution in [0, 0.1) is 5.82 Å². The van der Waals surface area contributed by atoms with Gasteiger partial charge in [-0.15, -0.1) is 0 Å². The number of sulfonamides is 1. The van der Waals surface area contributed by atoms with Crippen molar-refractivity contribution in [2.24, 2.45) is 0 Å². The minimum atomic E-state index is -5.43. The first-order chi connectivity index (χ1) is 16.5. The zero-order valence-electron chi connectivity index (χ0n) is 19.1. The van der Waals surface area contributed by atoms with Crippen molar-refractivity contribution >= 4 is 33.4 Å². The van der Waals surface area contributed by atoms with Crippen molar-refractivity contribution in [3.8, 4) is 22.3 Å². The van der Waals surface area contributed by atoms with Crippen LogP contribution in [0.2, 0.25) is 5.02 Å². The van der Waals surface area contributed by atoms with Crippen molar-refractivity contribution in [3.05, 3.63) is 65.6 Å². The number of hydrogen-bond donors (Lipinski definition) is 1. The van der Waals surface area contributed by atoms with Crippen LogP contribution in [0.4, 0.5) is 23.4 Å². The van der Waals surface area contributed by atoms with Gasteiger partial charge in [0.1, 0.15) is 11.6 Å². The highest BCUT2D eigenvalue weighted by atomic mass is 35.5. The van der Waals surface area contributed by atoms with E-state index in [9.17, 15) is 26.4 Å². The molecule has 0 atom stereocenters. The number of benzene rings is 2. The molecule has 0 aliphatic heterocycles. The quantitative estimate of drug-likeness (QED) is 0.331. The van der Waals surface area contributed by atoms with Crippen LogP contribution in [0.1, 0.15) is 20.8 Å². The van der Waals surface area contributed by atoms with Gasteiger partial charge in [0.2, 0.25) is 0 Å². The third-order valence-electron chi connectivity index (χ3n) is 4.79. The molecule has 0 fully saturated rings. The molecule has 0 spiro atoms. The molecule has 3 aromatic rings. The molecule has 0 radical (unpaired) electrons. The molecule has 0 unspecified atom stereocenters. The maximum absolute atomic E-state index is 15.1. The van der Waals surface area contributed by atoms with Crippen LogP contribution in [0.25, 0.3) is 22.3 Å². The number of nitrogen functional groups attached to an aromatic ring is 1. The van der Waals surface area contributed by atoms with E-state index >= 15 is 4.39 Å². The highest BCUT2D eigenvalue weighted by Gasteiger charge is 2.47. The molecule has 13 heteroatoms. The Hall–Kier alpha value is -3.22. The number of hydroxylamine groups is 1. The van der Waals surface area contributed by atoms with Crippen LogP contribution in [0.3, 0.4) is 0 Å². The van der Waals surface area contributed by atoms with Crippen molar-refractivity contribution in [1.82, 2.24) is 9.45 Å². The average molecular weight is 546 g/mol. The van der Waals surface area contributed by atoms with Gasteiger partial charge in [0.05, 0.1) is 15.5 Å². The number of aromatic nitrogens is 1. The average Bonchev–Trinajstić information content (AvgIpc) is 2.77. The highest BCUT2D eigenvalue weighted by Crippen LogP contribution is 2.36. The third-order valence-corrected chi connectivity index (χ3v) is 7.06. The number of halogens is 5. The molecule has 7 nitrogen and oxygen atoms in total. The summed E-state index contributed by atoms with van der Waals surface area (Å²) < 4.78 is 80.5. The van der Waals surface area contributed by atoms with E-state index < -0.39 is 38.4 Å². The lowest BCUT2D eigenvalue weighted by molar-refractivity contribution is -0.231. The second-order valence-corrected chi connectivity index (χ2v) is 10.7. The van der Waals surface area contributed by atoms with Gasteiger partial charge in [0.15, 0.2) is 0 Å². The summed E-state index contributed by atoms with van der Waals surface area (Å²) in [5, 5.41) is 0.114. The Morgan fingerprint density at radius 2 is 1.67 bits per heavy atom. The molecule has 0 saturated heterocycles. The first-order valence-corrected chi connectivity index (χ1v) is 12.0. The van der Waals surface area contributed by atoms with Crippen LogP contribution in [-0.4, -0.2) is 35.6 Å². The van der Waals surface area contributed by atoms with Crippen LogP contribution in [0.15, 0.2) is 59.6 Å². The molecule has 0 amide bonds. The van der Waals surface area contributed by atoms with Crippen molar-refractivity contribution < 1.29 is 35.6 Å². The van der Waals surface area contributed by atoms with Crippen LogP contribution in [-0.2, 0) is 19.7 Å². The standard InChI is InChI=1S/C23H20ClF4N3O4S/c1-22(2,3)31(35-21(32)23(26,27)28)36(33,34)19-7-5-4-6-16(19)13-8-9-15(18(25)11-13)14-10-17(24)20(29)30-12-14/h4-12H,1-3H3,(H2,29,30). The summed E-state index contributed by atoms with van der Waals surface area (Å²) in [5.74, 6) is -3.39. The lowest BCUT2D eigenvalue weighted by atomic mass is 10.0. The molecule has 0 aliphatic rings. The van der Waals surface area contributed by atoms with Gasteiger partial charge in [-0.05, 0) is 49.0 Å². The summed E-state index contributed by atoms with van der Waals surface area (Å²) in [4.78, 5) is 19.2. The van der Waals surface area contributed by atoms with E-state index in [2.05, 4.69) is 9.82 Å². The molecule has 36 heavy (non-hydrogen) atoms. The first-order valence-electron chi connectivity index (χ1n) is 10.2. The van der Waals surface area contributed by atoms with Gasteiger partial charge < -0.3 is 10.6 Å². The molecule has 192 valence electrons. The van der Waals surface area contributed by atoms with E-state index in [1.807, 2.05) is 0 Å². The number of alkyl halides is 3. The van der Waals surface area contributed by atoms with Gasteiger partial charge in [0.25, 0.3) is 10.0 Å². The molecule has 0 aliphatic carbocycles. The number of nitrogens with zero attached hydrogens (tertiary/aromatic N) is 2. The minimum Gasteiger partial charge on any atom is -0.382 e. The molecular weight excluding hydrogens is 526 g/mol. The normalized spacial score (nSPS) is 12.6. The summed E-state index contributed by atoms with van der Waals surface area (Å²) in [6, 6.07) is 10.5. The number of carbonyl (C=O) groups is 1. The van der Waals surface area contributed by atoms with Crippen molar-refractivity contribution in [1.29, 1.82) is 0 Å². The molecule has 0 saturated carbocycles. The molecule has 2 aromatic carbocycles. The summed E-state index contributed by atoms with van der Waals surface area (Å²) in [6.45, 7) is 3.74. The number of pyridine rings is 1. The van der Waals surface area contributed by atoms with Crippen LogP contribution >= 0.6 is 11.6 Å². The Bertz CT molecular complexity index is 1420. The molecule has 1 aromatic heterocycles. The maximum Gasteiger partial charge on any atom is 0.492 e. The van der Waals surface area contributed by atoms with E-state index in [1.54, 1.807) is 0 Å². The Morgan fingerprint density at radius 1 is 1.03 bits per heavy atom. The summed E-state index contributed by atoms with van der Waals surface area (Å²) >= 11 is 5.96. The lowest BCUT2D eigenvalue weighted by Crippen LogP contribution is -2.48. The van der Waals surface area contributed by atoms with Gasteiger partial charge in [0, 0.05) is 22.9 Å². The van der Waals surface area contributed by atoms with Gasteiger partial charge in [-0.1, -0.05) is 41.9 Å². The molecule has 2 N–H and O–H groups in total. The number of rotatable bonds is 5. The predicted molar refractivity (Wildman–Crippen MR) is 125 cm³/mol. The van der Waals surface area contributed by atoms with Gasteiger partial charge in [-0.3, -0.25) is 0 Å². The lowest BCUT2D eigenvalue weighted by Gasteiger charge is -2.32. The SMILES string of the molecule is CC(C)(C)N(OC(=O)C(F)(F)F)S(=O)(=O)c1ccccc1-c1ccc(-c2cnc(N)c(Cl)c2)c(F)c1. The van der Waals surface area contributed by atoms with E-state index in [0.29, 0.717) is 5.56 Å². The van der Waals surface area contributed by atoms with E-state index in [-0.39, 0.29) is 32.0 Å². The molecule has 0 bridgehead atoms. The van der Waals surface area contributed by atoms with Gasteiger partial charge in [-0.25, -0.2) is 22.6 Å². The fraction of sp³-hybridized carbons (Fsp3) is 0.217. The minimum absolute atomic E-state index is 0.0125. The van der Waals surface area contributed by atoms with Gasteiger partial charge in [-0.2, -0.15) is 13.2 Å². The second kappa shape index (κ2) is 9.68. The second-order valence-electron chi connectivity index (χ2n) is 8.56. The molecule has 3 rings (SSSR count). The number of nitrogens with two attached hydrogens (primary N) is 1. The first kappa shape index (κ1) is 27.4. The molecule has 1 heterocycles. The Labute approximate surface area is 209 Å². The van der Waals surface area contributed by atoms with Crippen molar-refractivity contribution in [3.63, 3.8) is 0 Å². The zero-order valence-corrected chi connectivity index (χ0v) is 20.7. The largest absolute Gasteiger partial charge is 0.492 e. The number of carbonyl (C=O) groups excluding carboxylic acids is 1. The summed E-state index contributed by atoms with van der Waals surface area (Å²) in [5.41, 5.74) is 4.47. The Balaban J connectivity index is 2.11. The van der Waals surface area contributed by atoms with E-state index in [4.69, 9.17) is 17.3 Å². The monoisotopic (exact) mass is 545 g/mol. The maximum atomic E-state index is 15.1.